The zero-order valence-electron chi connectivity index (χ0n) is 14.4. The molecule has 0 saturated carbocycles. The quantitative estimate of drug-likeness (QED) is 0.768. The van der Waals surface area contributed by atoms with Gasteiger partial charge in [0, 0.05) is 37.7 Å². The van der Waals surface area contributed by atoms with Crippen LogP contribution in [-0.2, 0) is 11.3 Å². The number of hydrogen-bond acceptors (Lipinski definition) is 6. The maximum Gasteiger partial charge on any atom is 0.271 e. The van der Waals surface area contributed by atoms with Gasteiger partial charge in [-0.2, -0.15) is 0 Å². The summed E-state index contributed by atoms with van der Waals surface area (Å²) in [6.45, 7) is 5.24. The summed E-state index contributed by atoms with van der Waals surface area (Å²) < 4.78 is 5.30. The van der Waals surface area contributed by atoms with E-state index in [9.17, 15) is 4.79 Å². The molecule has 1 aromatic heterocycles. The molecule has 2 heterocycles. The first-order valence-electron chi connectivity index (χ1n) is 8.62. The van der Waals surface area contributed by atoms with Crippen molar-refractivity contribution in [3.63, 3.8) is 0 Å². The Labute approximate surface area is 157 Å². The van der Waals surface area contributed by atoms with E-state index in [1.54, 1.807) is 12.1 Å². The number of ether oxygens (including phenoxy) is 1. The molecular formula is C18H22ClN5O2. The fraction of sp³-hybridized carbons (Fsp3) is 0.389. The molecule has 8 heteroatoms. The standard InChI is InChI=1S/C18H22ClN5O2/c19-15-4-2-1-3-14(15)13-21-17-6-5-16(22-23-17)18(25)20-7-8-24-9-11-26-12-10-24/h1-6H,7-13H2,(H,20,25)(H,21,23). The summed E-state index contributed by atoms with van der Waals surface area (Å²) >= 11 is 6.12. The van der Waals surface area contributed by atoms with E-state index in [4.69, 9.17) is 16.3 Å². The van der Waals surface area contributed by atoms with E-state index in [1.165, 1.54) is 0 Å². The Hall–Kier alpha value is -2.22. The number of benzene rings is 1. The van der Waals surface area contributed by atoms with Crippen LogP contribution in [0.1, 0.15) is 16.1 Å². The Kier molecular flexibility index (Phi) is 6.76. The van der Waals surface area contributed by atoms with E-state index in [2.05, 4.69) is 25.7 Å². The molecule has 1 aliphatic rings. The van der Waals surface area contributed by atoms with Gasteiger partial charge >= 0.3 is 0 Å². The van der Waals surface area contributed by atoms with E-state index in [1.807, 2.05) is 24.3 Å². The number of nitrogens with zero attached hydrogens (tertiary/aromatic N) is 3. The van der Waals surface area contributed by atoms with Gasteiger partial charge in [0.05, 0.1) is 13.2 Å². The Bertz CT molecular complexity index is 720. The van der Waals surface area contributed by atoms with Crippen LogP contribution in [0.25, 0.3) is 0 Å². The molecule has 3 rings (SSSR count). The second kappa shape index (κ2) is 9.47. The topological polar surface area (TPSA) is 79.4 Å². The van der Waals surface area contributed by atoms with Crippen LogP contribution >= 0.6 is 11.6 Å². The van der Waals surface area contributed by atoms with Crippen LogP contribution in [0.4, 0.5) is 5.82 Å². The summed E-state index contributed by atoms with van der Waals surface area (Å²) in [5.74, 6) is 0.373. The van der Waals surface area contributed by atoms with Crippen LogP contribution < -0.4 is 10.6 Å². The molecule has 1 amide bonds. The molecule has 0 atom stereocenters. The molecule has 138 valence electrons. The Balaban J connectivity index is 1.44. The first-order chi connectivity index (χ1) is 12.7. The molecule has 0 unspecified atom stereocenters. The predicted molar refractivity (Wildman–Crippen MR) is 100 cm³/mol. The van der Waals surface area contributed by atoms with E-state index in [-0.39, 0.29) is 5.91 Å². The van der Waals surface area contributed by atoms with Gasteiger partial charge in [0.25, 0.3) is 5.91 Å². The van der Waals surface area contributed by atoms with Gasteiger partial charge in [-0.15, -0.1) is 10.2 Å². The molecular weight excluding hydrogens is 354 g/mol. The van der Waals surface area contributed by atoms with Gasteiger partial charge in [0.1, 0.15) is 5.82 Å². The van der Waals surface area contributed by atoms with Gasteiger partial charge in [-0.1, -0.05) is 29.8 Å². The number of anilines is 1. The summed E-state index contributed by atoms with van der Waals surface area (Å²) in [4.78, 5) is 14.4. The lowest BCUT2D eigenvalue weighted by molar-refractivity contribution is 0.0383. The van der Waals surface area contributed by atoms with Crippen LogP contribution in [-0.4, -0.2) is 60.4 Å². The zero-order valence-corrected chi connectivity index (χ0v) is 15.2. The summed E-state index contributed by atoms with van der Waals surface area (Å²) in [5.41, 5.74) is 1.27. The molecule has 2 N–H and O–H groups in total. The van der Waals surface area contributed by atoms with Gasteiger partial charge in [-0.25, -0.2) is 0 Å². The number of halogens is 1. The van der Waals surface area contributed by atoms with Gasteiger partial charge in [0.2, 0.25) is 0 Å². The number of amides is 1. The summed E-state index contributed by atoms with van der Waals surface area (Å²) in [5, 5.41) is 14.8. The molecule has 0 aliphatic carbocycles. The molecule has 1 aromatic carbocycles. The van der Waals surface area contributed by atoms with Crippen LogP contribution in [0.2, 0.25) is 5.02 Å². The molecule has 2 aromatic rings. The maximum atomic E-state index is 12.1. The second-order valence-corrected chi connectivity index (χ2v) is 6.37. The molecule has 1 aliphatic heterocycles. The van der Waals surface area contributed by atoms with Crippen molar-refractivity contribution in [2.45, 2.75) is 6.54 Å². The van der Waals surface area contributed by atoms with E-state index in [0.29, 0.717) is 29.6 Å². The van der Waals surface area contributed by atoms with Crippen LogP contribution in [0.3, 0.4) is 0 Å². The summed E-state index contributed by atoms with van der Waals surface area (Å²) in [6, 6.07) is 11.0. The molecule has 0 bridgehead atoms. The number of rotatable bonds is 7. The lowest BCUT2D eigenvalue weighted by atomic mass is 10.2. The number of carbonyl (C=O) groups is 1. The third kappa shape index (κ3) is 5.39. The van der Waals surface area contributed by atoms with Crippen molar-refractivity contribution in [3.05, 3.63) is 52.7 Å². The largest absolute Gasteiger partial charge is 0.379 e. The fourth-order valence-corrected chi connectivity index (χ4v) is 2.82. The van der Waals surface area contributed by atoms with Crippen molar-refractivity contribution in [3.8, 4) is 0 Å². The van der Waals surface area contributed by atoms with Crippen LogP contribution in [0, 0.1) is 0 Å². The highest BCUT2D eigenvalue weighted by atomic mass is 35.5. The minimum absolute atomic E-state index is 0.219. The monoisotopic (exact) mass is 375 g/mol. The maximum absolute atomic E-state index is 12.1. The third-order valence-corrected chi connectivity index (χ3v) is 4.50. The van der Waals surface area contributed by atoms with Crippen molar-refractivity contribution >= 4 is 23.3 Å². The van der Waals surface area contributed by atoms with Gasteiger partial charge in [-0.3, -0.25) is 9.69 Å². The Morgan fingerprint density at radius 2 is 1.96 bits per heavy atom. The van der Waals surface area contributed by atoms with Crippen LogP contribution in [0.5, 0.6) is 0 Å². The number of hydrogen-bond donors (Lipinski definition) is 2. The van der Waals surface area contributed by atoms with Crippen molar-refractivity contribution in [2.75, 3.05) is 44.7 Å². The Morgan fingerprint density at radius 3 is 2.69 bits per heavy atom. The first kappa shape index (κ1) is 18.6. The van der Waals surface area contributed by atoms with Crippen LogP contribution in [0.15, 0.2) is 36.4 Å². The van der Waals surface area contributed by atoms with Crippen molar-refractivity contribution in [1.29, 1.82) is 0 Å². The number of morpholine rings is 1. The smallest absolute Gasteiger partial charge is 0.271 e. The normalized spacial score (nSPS) is 14.8. The lowest BCUT2D eigenvalue weighted by Crippen LogP contribution is -2.41. The zero-order chi connectivity index (χ0) is 18.2. The lowest BCUT2D eigenvalue weighted by Gasteiger charge is -2.26. The number of aromatic nitrogens is 2. The van der Waals surface area contributed by atoms with Crippen molar-refractivity contribution in [1.82, 2.24) is 20.4 Å². The molecule has 26 heavy (non-hydrogen) atoms. The van der Waals surface area contributed by atoms with Crippen molar-refractivity contribution < 1.29 is 9.53 Å². The fourth-order valence-electron chi connectivity index (χ4n) is 2.62. The van der Waals surface area contributed by atoms with E-state index >= 15 is 0 Å². The highest BCUT2D eigenvalue weighted by molar-refractivity contribution is 6.31. The number of carbonyl (C=O) groups excluding carboxylic acids is 1. The predicted octanol–water partition coefficient (Wildman–Crippen LogP) is 1.80. The molecule has 7 nitrogen and oxygen atoms in total. The van der Waals surface area contributed by atoms with E-state index < -0.39 is 0 Å². The van der Waals surface area contributed by atoms with Gasteiger partial charge in [-0.05, 0) is 23.8 Å². The minimum atomic E-state index is -0.219. The second-order valence-electron chi connectivity index (χ2n) is 5.96. The van der Waals surface area contributed by atoms with Crippen molar-refractivity contribution in [2.24, 2.45) is 0 Å². The van der Waals surface area contributed by atoms with E-state index in [0.717, 1.165) is 38.4 Å². The van der Waals surface area contributed by atoms with Gasteiger partial charge < -0.3 is 15.4 Å². The SMILES string of the molecule is O=C(NCCN1CCOCC1)c1ccc(NCc2ccccc2Cl)nn1. The molecule has 1 saturated heterocycles. The molecule has 0 spiro atoms. The summed E-state index contributed by atoms with van der Waals surface area (Å²) in [6.07, 6.45) is 0. The highest BCUT2D eigenvalue weighted by Gasteiger charge is 2.12. The highest BCUT2D eigenvalue weighted by Crippen LogP contribution is 2.16. The minimum Gasteiger partial charge on any atom is -0.379 e. The Morgan fingerprint density at radius 1 is 1.15 bits per heavy atom. The summed E-state index contributed by atoms with van der Waals surface area (Å²) in [7, 11) is 0. The first-order valence-corrected chi connectivity index (χ1v) is 8.99. The average Bonchev–Trinajstić information content (AvgIpc) is 2.68. The van der Waals surface area contributed by atoms with Gasteiger partial charge in [0.15, 0.2) is 5.69 Å². The molecule has 0 radical (unpaired) electrons. The average molecular weight is 376 g/mol. The molecule has 1 fully saturated rings. The number of nitrogens with one attached hydrogen (secondary N) is 2. The third-order valence-electron chi connectivity index (χ3n) is 4.13.